The number of rotatable bonds is 3. The first kappa shape index (κ1) is 15.6. The molecule has 1 aliphatic heterocycles. The van der Waals surface area contributed by atoms with Gasteiger partial charge in [0.1, 0.15) is 0 Å². The van der Waals surface area contributed by atoms with E-state index in [1.54, 1.807) is 11.3 Å². The van der Waals surface area contributed by atoms with Gasteiger partial charge in [-0.2, -0.15) is 0 Å². The summed E-state index contributed by atoms with van der Waals surface area (Å²) in [5.74, 6) is 2.80. The molecule has 2 aliphatic rings. The van der Waals surface area contributed by atoms with E-state index in [1.165, 1.54) is 38.8 Å². The largest absolute Gasteiger partial charge is 0.354 e. The van der Waals surface area contributed by atoms with Crippen LogP contribution in [0.15, 0.2) is 10.4 Å². The molecule has 2 unspecified atom stereocenters. The highest BCUT2D eigenvalue weighted by Gasteiger charge is 2.35. The van der Waals surface area contributed by atoms with Crippen LogP contribution in [-0.4, -0.2) is 50.1 Å². The molecule has 22 heavy (non-hydrogen) atoms. The summed E-state index contributed by atoms with van der Waals surface area (Å²) >= 11 is 1.69. The first-order chi connectivity index (χ1) is 10.7. The number of guanidine groups is 1. The number of hydrogen-bond donors (Lipinski definition) is 1. The van der Waals surface area contributed by atoms with Crippen LogP contribution in [0.5, 0.6) is 0 Å². The Kier molecular flexibility index (Phi) is 4.86. The van der Waals surface area contributed by atoms with Gasteiger partial charge in [-0.1, -0.05) is 12.8 Å². The van der Waals surface area contributed by atoms with Crippen molar-refractivity contribution in [3.8, 4) is 0 Å². The van der Waals surface area contributed by atoms with Gasteiger partial charge in [0.15, 0.2) is 11.1 Å². The fourth-order valence-electron chi connectivity index (χ4n) is 3.66. The second kappa shape index (κ2) is 6.86. The summed E-state index contributed by atoms with van der Waals surface area (Å²) in [6.07, 6.45) is 5.62. The van der Waals surface area contributed by atoms with Crippen molar-refractivity contribution >= 4 is 22.4 Å². The smallest absolute Gasteiger partial charge is 0.193 e. The number of thiazole rings is 1. The topological polar surface area (TPSA) is 43.8 Å². The Labute approximate surface area is 137 Å². The number of aromatic nitrogens is 1. The summed E-state index contributed by atoms with van der Waals surface area (Å²) in [5.41, 5.74) is 1.09. The predicted molar refractivity (Wildman–Crippen MR) is 93.7 cm³/mol. The van der Waals surface area contributed by atoms with Crippen LogP contribution < -0.4 is 10.2 Å². The van der Waals surface area contributed by atoms with E-state index in [4.69, 9.17) is 0 Å². The Bertz CT molecular complexity index is 510. The average Bonchev–Trinajstić information content (AvgIpc) is 3.14. The number of anilines is 1. The molecule has 2 heterocycles. The van der Waals surface area contributed by atoms with E-state index >= 15 is 0 Å². The number of fused-ring (bicyclic) bond motifs is 1. The van der Waals surface area contributed by atoms with Crippen molar-refractivity contribution in [2.45, 2.75) is 32.2 Å². The third-order valence-corrected chi connectivity index (χ3v) is 5.89. The molecule has 1 aromatic rings. The number of nitrogens with zero attached hydrogens (tertiary/aromatic N) is 4. The van der Waals surface area contributed by atoms with E-state index in [-0.39, 0.29) is 0 Å². The molecule has 0 amide bonds. The molecule has 1 N–H and O–H groups in total. The van der Waals surface area contributed by atoms with Crippen molar-refractivity contribution in [3.05, 3.63) is 11.1 Å². The van der Waals surface area contributed by atoms with Crippen molar-refractivity contribution in [2.24, 2.45) is 16.8 Å². The van der Waals surface area contributed by atoms with Gasteiger partial charge in [-0.3, -0.25) is 4.99 Å². The molecule has 6 heteroatoms. The van der Waals surface area contributed by atoms with Gasteiger partial charge < -0.3 is 15.1 Å². The van der Waals surface area contributed by atoms with Gasteiger partial charge in [0.2, 0.25) is 0 Å². The third kappa shape index (κ3) is 3.37. The number of likely N-dealkylation sites (tertiary alicyclic amines) is 1. The molecular formula is C16H27N5S. The minimum atomic E-state index is 0.753. The van der Waals surface area contributed by atoms with Crippen LogP contribution in [0, 0.1) is 11.8 Å². The molecule has 0 spiro atoms. The predicted octanol–water partition coefficient (Wildman–Crippen LogP) is 2.41. The zero-order chi connectivity index (χ0) is 15.5. The van der Waals surface area contributed by atoms with Crippen LogP contribution in [0.25, 0.3) is 0 Å². The van der Waals surface area contributed by atoms with Crippen LogP contribution in [0.1, 0.15) is 31.4 Å². The van der Waals surface area contributed by atoms with Gasteiger partial charge in [0, 0.05) is 39.6 Å². The minimum Gasteiger partial charge on any atom is -0.354 e. The van der Waals surface area contributed by atoms with Gasteiger partial charge >= 0.3 is 0 Å². The summed E-state index contributed by atoms with van der Waals surface area (Å²) in [4.78, 5) is 13.6. The lowest BCUT2D eigenvalue weighted by molar-refractivity contribution is 0.299. The molecule has 122 valence electrons. The maximum absolute atomic E-state index is 4.62. The van der Waals surface area contributed by atoms with Crippen LogP contribution in [0.3, 0.4) is 0 Å². The van der Waals surface area contributed by atoms with Crippen LogP contribution >= 0.6 is 11.3 Å². The number of nitrogens with one attached hydrogen (secondary N) is 1. The molecule has 2 fully saturated rings. The highest BCUT2D eigenvalue weighted by atomic mass is 32.1. The molecule has 0 radical (unpaired) electrons. The van der Waals surface area contributed by atoms with Crippen molar-refractivity contribution in [3.63, 3.8) is 0 Å². The molecule has 3 rings (SSSR count). The van der Waals surface area contributed by atoms with E-state index in [9.17, 15) is 0 Å². The monoisotopic (exact) mass is 321 g/mol. The van der Waals surface area contributed by atoms with Crippen LogP contribution in [0.4, 0.5) is 5.13 Å². The molecule has 0 bridgehead atoms. The Morgan fingerprint density at radius 2 is 2.05 bits per heavy atom. The zero-order valence-corrected chi connectivity index (χ0v) is 14.7. The average molecular weight is 321 g/mol. The van der Waals surface area contributed by atoms with E-state index in [0.29, 0.717) is 0 Å². The maximum Gasteiger partial charge on any atom is 0.193 e. The lowest BCUT2D eigenvalue weighted by atomic mass is 9.82. The van der Waals surface area contributed by atoms with Crippen molar-refractivity contribution in [1.82, 2.24) is 15.2 Å². The van der Waals surface area contributed by atoms with Gasteiger partial charge in [0.25, 0.3) is 0 Å². The second-order valence-corrected chi connectivity index (χ2v) is 7.46. The van der Waals surface area contributed by atoms with Crippen LogP contribution in [-0.2, 0) is 6.54 Å². The zero-order valence-electron chi connectivity index (χ0n) is 13.9. The van der Waals surface area contributed by atoms with E-state index in [1.807, 2.05) is 26.0 Å². The summed E-state index contributed by atoms with van der Waals surface area (Å²) in [7, 11) is 5.94. The van der Waals surface area contributed by atoms with E-state index < -0.39 is 0 Å². The molecular weight excluding hydrogens is 294 g/mol. The molecule has 0 aromatic carbocycles. The van der Waals surface area contributed by atoms with Gasteiger partial charge in [-0.25, -0.2) is 4.98 Å². The SMILES string of the molecule is CN=C(NCc1csc(N(C)C)n1)N1CC2CCCCC2C1. The normalized spacial score (nSPS) is 25.2. The van der Waals surface area contributed by atoms with Crippen LogP contribution in [0.2, 0.25) is 0 Å². The van der Waals surface area contributed by atoms with Crippen molar-refractivity contribution in [2.75, 3.05) is 39.1 Å². The Balaban J connectivity index is 1.56. The molecule has 2 atom stereocenters. The highest BCUT2D eigenvalue weighted by Crippen LogP contribution is 2.35. The third-order valence-electron chi connectivity index (χ3n) is 4.84. The number of hydrogen-bond acceptors (Lipinski definition) is 4. The maximum atomic E-state index is 4.62. The number of aliphatic imine (C=N–C) groups is 1. The lowest BCUT2D eigenvalue weighted by Crippen LogP contribution is -2.40. The molecule has 5 nitrogen and oxygen atoms in total. The quantitative estimate of drug-likeness (QED) is 0.686. The molecule has 1 aliphatic carbocycles. The van der Waals surface area contributed by atoms with Crippen molar-refractivity contribution in [1.29, 1.82) is 0 Å². The fourth-order valence-corrected chi connectivity index (χ4v) is 4.42. The summed E-state index contributed by atoms with van der Waals surface area (Å²) in [6.45, 7) is 3.09. The molecule has 1 saturated heterocycles. The summed E-state index contributed by atoms with van der Waals surface area (Å²) in [6, 6.07) is 0. The first-order valence-corrected chi connectivity index (χ1v) is 9.12. The standard InChI is InChI=1S/C16H27N5S/c1-17-15(18-8-14-11-22-16(19-14)20(2)3)21-9-12-6-4-5-7-13(12)10-21/h11-13H,4-10H2,1-3H3,(H,17,18). The Morgan fingerprint density at radius 3 is 2.59 bits per heavy atom. The van der Waals surface area contributed by atoms with E-state index in [0.717, 1.165) is 35.2 Å². The lowest BCUT2D eigenvalue weighted by Gasteiger charge is -2.22. The highest BCUT2D eigenvalue weighted by molar-refractivity contribution is 7.13. The molecule has 1 saturated carbocycles. The van der Waals surface area contributed by atoms with Gasteiger partial charge in [0.05, 0.1) is 12.2 Å². The summed E-state index contributed by atoms with van der Waals surface area (Å²) in [5, 5.41) is 6.67. The Hall–Kier alpha value is -1.30. The Morgan fingerprint density at radius 1 is 1.36 bits per heavy atom. The van der Waals surface area contributed by atoms with Gasteiger partial charge in [-0.05, 0) is 24.7 Å². The van der Waals surface area contributed by atoms with E-state index in [2.05, 4.69) is 25.6 Å². The van der Waals surface area contributed by atoms with Crippen molar-refractivity contribution < 1.29 is 0 Å². The first-order valence-electron chi connectivity index (χ1n) is 8.24. The minimum absolute atomic E-state index is 0.753. The summed E-state index contributed by atoms with van der Waals surface area (Å²) < 4.78 is 0. The van der Waals surface area contributed by atoms with Gasteiger partial charge in [-0.15, -0.1) is 11.3 Å². The second-order valence-electron chi connectivity index (χ2n) is 6.63. The molecule has 1 aromatic heterocycles. The fraction of sp³-hybridized carbons (Fsp3) is 0.750.